The summed E-state index contributed by atoms with van der Waals surface area (Å²) in [6.07, 6.45) is 1.95. The van der Waals surface area contributed by atoms with Gasteiger partial charge in [-0.25, -0.2) is 0 Å². The molecule has 27 heavy (non-hydrogen) atoms. The smallest absolute Gasteiger partial charge is 0.313 e. The maximum atomic E-state index is 12.2. The SMILES string of the molecule is CN(C)[C@H](CNC(=O)C(=O)Nc1ccc2c(c1)OCCO2)c1cccn1C. The summed E-state index contributed by atoms with van der Waals surface area (Å²) in [7, 11) is 5.81. The van der Waals surface area contributed by atoms with Gasteiger partial charge in [0.2, 0.25) is 0 Å². The highest BCUT2D eigenvalue weighted by atomic mass is 16.6. The minimum atomic E-state index is -0.726. The van der Waals surface area contributed by atoms with Gasteiger partial charge in [-0.15, -0.1) is 0 Å². The van der Waals surface area contributed by atoms with Crippen LogP contribution in [0, 0.1) is 0 Å². The van der Waals surface area contributed by atoms with Gasteiger partial charge >= 0.3 is 11.8 Å². The molecule has 0 radical (unpaired) electrons. The second-order valence-corrected chi connectivity index (χ2v) is 6.55. The van der Waals surface area contributed by atoms with Crippen molar-refractivity contribution in [3.8, 4) is 11.5 Å². The lowest BCUT2D eigenvalue weighted by molar-refractivity contribution is -0.136. The van der Waals surface area contributed by atoms with Gasteiger partial charge in [0, 0.05) is 37.2 Å². The molecule has 1 aliphatic heterocycles. The molecule has 0 saturated heterocycles. The van der Waals surface area contributed by atoms with Crippen LogP contribution in [-0.4, -0.2) is 55.1 Å². The first-order valence-electron chi connectivity index (χ1n) is 8.72. The number of benzene rings is 1. The molecule has 8 heteroatoms. The molecule has 0 fully saturated rings. The van der Waals surface area contributed by atoms with Crippen LogP contribution in [0.15, 0.2) is 36.5 Å². The quantitative estimate of drug-likeness (QED) is 0.770. The molecule has 2 heterocycles. The van der Waals surface area contributed by atoms with E-state index >= 15 is 0 Å². The molecule has 144 valence electrons. The van der Waals surface area contributed by atoms with E-state index in [4.69, 9.17) is 9.47 Å². The molecule has 2 amide bonds. The molecule has 2 N–H and O–H groups in total. The normalized spacial score (nSPS) is 13.9. The number of nitrogens with zero attached hydrogens (tertiary/aromatic N) is 2. The molecule has 0 bridgehead atoms. The van der Waals surface area contributed by atoms with Gasteiger partial charge < -0.3 is 24.7 Å². The van der Waals surface area contributed by atoms with Crippen LogP contribution in [-0.2, 0) is 16.6 Å². The first-order valence-corrected chi connectivity index (χ1v) is 8.72. The third-order valence-corrected chi connectivity index (χ3v) is 4.41. The first kappa shape index (κ1) is 18.8. The molecular formula is C19H24N4O4. The van der Waals surface area contributed by atoms with Crippen molar-refractivity contribution in [3.63, 3.8) is 0 Å². The van der Waals surface area contributed by atoms with Gasteiger partial charge in [0.05, 0.1) is 6.04 Å². The number of aromatic nitrogens is 1. The fourth-order valence-electron chi connectivity index (χ4n) is 2.95. The van der Waals surface area contributed by atoms with Gasteiger partial charge in [0.25, 0.3) is 0 Å². The van der Waals surface area contributed by atoms with Crippen LogP contribution in [0.5, 0.6) is 11.5 Å². The van der Waals surface area contributed by atoms with Crippen molar-refractivity contribution in [2.45, 2.75) is 6.04 Å². The predicted octanol–water partition coefficient (Wildman–Crippen LogP) is 1.15. The number of rotatable bonds is 5. The number of carbonyl (C=O) groups excluding carboxylic acids is 2. The number of ether oxygens (including phenoxy) is 2. The van der Waals surface area contributed by atoms with Gasteiger partial charge in [-0.2, -0.15) is 0 Å². The third-order valence-electron chi connectivity index (χ3n) is 4.41. The summed E-state index contributed by atoms with van der Waals surface area (Å²) in [5.74, 6) is -0.238. The average molecular weight is 372 g/mol. The molecule has 0 spiro atoms. The van der Waals surface area contributed by atoms with Crippen LogP contribution in [0.4, 0.5) is 5.69 Å². The number of carbonyl (C=O) groups is 2. The number of likely N-dealkylation sites (N-methyl/N-ethyl adjacent to an activating group) is 1. The lowest BCUT2D eigenvalue weighted by Crippen LogP contribution is -2.40. The van der Waals surface area contributed by atoms with Crippen molar-refractivity contribution >= 4 is 17.5 Å². The van der Waals surface area contributed by atoms with Gasteiger partial charge in [0.15, 0.2) is 11.5 Å². The topological polar surface area (TPSA) is 84.8 Å². The summed E-state index contributed by atoms with van der Waals surface area (Å²) in [6, 6.07) is 8.92. The van der Waals surface area contributed by atoms with E-state index in [2.05, 4.69) is 10.6 Å². The molecule has 0 saturated carbocycles. The van der Waals surface area contributed by atoms with E-state index in [0.717, 1.165) is 5.69 Å². The number of hydrogen-bond donors (Lipinski definition) is 2. The average Bonchev–Trinajstić information content (AvgIpc) is 3.07. The Morgan fingerprint density at radius 3 is 2.56 bits per heavy atom. The Morgan fingerprint density at radius 2 is 1.89 bits per heavy atom. The van der Waals surface area contributed by atoms with Crippen molar-refractivity contribution < 1.29 is 19.1 Å². The lowest BCUT2D eigenvalue weighted by Gasteiger charge is -2.25. The fourth-order valence-corrected chi connectivity index (χ4v) is 2.95. The highest BCUT2D eigenvalue weighted by molar-refractivity contribution is 6.39. The highest BCUT2D eigenvalue weighted by Gasteiger charge is 2.21. The number of amides is 2. The minimum Gasteiger partial charge on any atom is -0.486 e. The van der Waals surface area contributed by atoms with E-state index in [1.165, 1.54) is 0 Å². The van der Waals surface area contributed by atoms with Crippen molar-refractivity contribution in [2.24, 2.45) is 7.05 Å². The zero-order valence-electron chi connectivity index (χ0n) is 15.7. The Morgan fingerprint density at radius 1 is 1.15 bits per heavy atom. The van der Waals surface area contributed by atoms with E-state index in [1.54, 1.807) is 18.2 Å². The molecule has 1 atom stereocenters. The van der Waals surface area contributed by atoms with E-state index in [1.807, 2.05) is 48.9 Å². The largest absolute Gasteiger partial charge is 0.486 e. The summed E-state index contributed by atoms with van der Waals surface area (Å²) in [4.78, 5) is 26.4. The van der Waals surface area contributed by atoms with E-state index < -0.39 is 11.8 Å². The highest BCUT2D eigenvalue weighted by Crippen LogP contribution is 2.32. The molecule has 0 unspecified atom stereocenters. The molecule has 1 aromatic heterocycles. The van der Waals surface area contributed by atoms with Crippen molar-refractivity contribution in [1.82, 2.24) is 14.8 Å². The second kappa shape index (κ2) is 8.13. The van der Waals surface area contributed by atoms with Crippen molar-refractivity contribution in [3.05, 3.63) is 42.2 Å². The van der Waals surface area contributed by atoms with Gasteiger partial charge in [-0.3, -0.25) is 14.5 Å². The molecular weight excluding hydrogens is 348 g/mol. The maximum Gasteiger partial charge on any atom is 0.313 e. The molecule has 3 rings (SSSR count). The minimum absolute atomic E-state index is 0.0453. The molecule has 8 nitrogen and oxygen atoms in total. The van der Waals surface area contributed by atoms with Crippen LogP contribution in [0.25, 0.3) is 0 Å². The molecule has 0 aliphatic carbocycles. The summed E-state index contributed by atoms with van der Waals surface area (Å²) in [6.45, 7) is 1.27. The second-order valence-electron chi connectivity index (χ2n) is 6.55. The maximum absolute atomic E-state index is 12.2. The Balaban J connectivity index is 1.59. The summed E-state index contributed by atoms with van der Waals surface area (Å²) < 4.78 is 12.9. The summed E-state index contributed by atoms with van der Waals surface area (Å²) in [5.41, 5.74) is 1.53. The van der Waals surface area contributed by atoms with Crippen molar-refractivity contribution in [1.29, 1.82) is 0 Å². The first-order chi connectivity index (χ1) is 13.0. The number of aryl methyl sites for hydroxylation is 1. The number of anilines is 1. The molecule has 2 aromatic rings. The van der Waals surface area contributed by atoms with E-state index in [0.29, 0.717) is 36.9 Å². The lowest BCUT2D eigenvalue weighted by atomic mass is 10.2. The van der Waals surface area contributed by atoms with E-state index in [-0.39, 0.29) is 6.04 Å². The third kappa shape index (κ3) is 4.40. The van der Waals surface area contributed by atoms with Crippen LogP contribution in [0.2, 0.25) is 0 Å². The predicted molar refractivity (Wildman–Crippen MR) is 101 cm³/mol. The monoisotopic (exact) mass is 372 g/mol. The van der Waals surface area contributed by atoms with Gasteiger partial charge in [-0.05, 0) is 38.4 Å². The van der Waals surface area contributed by atoms with Crippen LogP contribution in [0.1, 0.15) is 11.7 Å². The van der Waals surface area contributed by atoms with Crippen LogP contribution in [0.3, 0.4) is 0 Å². The zero-order valence-corrected chi connectivity index (χ0v) is 15.7. The Hall–Kier alpha value is -3.00. The fraction of sp³-hybridized carbons (Fsp3) is 0.368. The van der Waals surface area contributed by atoms with Gasteiger partial charge in [0.1, 0.15) is 13.2 Å². The molecule has 1 aliphatic rings. The Bertz CT molecular complexity index is 831. The number of nitrogens with one attached hydrogen (secondary N) is 2. The van der Waals surface area contributed by atoms with Crippen LogP contribution < -0.4 is 20.1 Å². The van der Waals surface area contributed by atoms with Gasteiger partial charge in [-0.1, -0.05) is 0 Å². The summed E-state index contributed by atoms with van der Waals surface area (Å²) >= 11 is 0. The summed E-state index contributed by atoms with van der Waals surface area (Å²) in [5, 5.41) is 5.29. The molecule has 1 aromatic carbocycles. The zero-order chi connectivity index (χ0) is 19.4. The standard InChI is InChI=1S/C19H24N4O4/c1-22(2)15(14-5-4-8-23(14)3)12-20-18(24)19(25)21-13-6-7-16-17(11-13)27-10-9-26-16/h4-8,11,15H,9-10,12H2,1-3H3,(H,20,24)(H,21,25)/t15-/m1/s1. The van der Waals surface area contributed by atoms with Crippen molar-refractivity contribution in [2.75, 3.05) is 39.2 Å². The Labute approximate surface area is 158 Å². The number of fused-ring (bicyclic) bond motifs is 1. The van der Waals surface area contributed by atoms with Crippen LogP contribution >= 0.6 is 0 Å². The number of hydrogen-bond acceptors (Lipinski definition) is 5. The van der Waals surface area contributed by atoms with E-state index in [9.17, 15) is 9.59 Å². The Kier molecular flexibility index (Phi) is 5.66.